The van der Waals surface area contributed by atoms with Gasteiger partial charge in [-0.15, -0.1) is 0 Å². The van der Waals surface area contributed by atoms with E-state index in [1.54, 1.807) is 0 Å². The fraction of sp³-hybridized carbons (Fsp3) is 0.333. The molecule has 1 atom stereocenters. The molecular formula is C6H9NO3. The Balaban J connectivity index is 3.83. The topological polar surface area (TPSA) is 66.4 Å². The maximum Gasteiger partial charge on any atom is 0.326 e. The summed E-state index contributed by atoms with van der Waals surface area (Å²) in [6, 6.07) is -0.838. The Hall–Kier alpha value is -1.32. The third kappa shape index (κ3) is 2.86. The largest absolute Gasteiger partial charge is 0.480 e. The number of nitrogens with one attached hydrogen (secondary N) is 1. The number of aliphatic carboxylic acids is 1. The number of aldehydes is 1. The second-order valence-electron chi connectivity index (χ2n) is 1.66. The lowest BCUT2D eigenvalue weighted by Gasteiger charge is -2.06. The first-order chi connectivity index (χ1) is 4.72. The predicted octanol–water partition coefficient (Wildman–Crippen LogP) is -0.238. The molecule has 0 spiro atoms. The molecule has 10 heavy (non-hydrogen) atoms. The van der Waals surface area contributed by atoms with E-state index in [0.717, 1.165) is 0 Å². The maximum absolute atomic E-state index is 10.2. The van der Waals surface area contributed by atoms with Crippen molar-refractivity contribution in [3.05, 3.63) is 12.8 Å². The molecule has 1 unspecified atom stereocenters. The van der Waals surface area contributed by atoms with E-state index in [9.17, 15) is 9.59 Å². The zero-order valence-corrected chi connectivity index (χ0v) is 5.41. The summed E-state index contributed by atoms with van der Waals surface area (Å²) in [5, 5.41) is 10.8. The molecule has 0 bridgehead atoms. The van der Waals surface area contributed by atoms with Gasteiger partial charge >= 0.3 is 5.97 Å². The van der Waals surface area contributed by atoms with Gasteiger partial charge < -0.3 is 15.2 Å². The van der Waals surface area contributed by atoms with Crippen LogP contribution in [0.2, 0.25) is 0 Å². The fourth-order valence-corrected chi connectivity index (χ4v) is 0.479. The van der Waals surface area contributed by atoms with Gasteiger partial charge in [0.15, 0.2) is 0 Å². The van der Waals surface area contributed by atoms with Crippen LogP contribution in [0.15, 0.2) is 12.8 Å². The van der Waals surface area contributed by atoms with Gasteiger partial charge in [0.2, 0.25) is 0 Å². The van der Waals surface area contributed by atoms with Crippen LogP contribution in [0.3, 0.4) is 0 Å². The minimum Gasteiger partial charge on any atom is -0.480 e. The molecule has 0 amide bonds. The normalized spacial score (nSPS) is 11.6. The van der Waals surface area contributed by atoms with Crippen LogP contribution in [-0.2, 0) is 9.59 Å². The van der Waals surface area contributed by atoms with Crippen LogP contribution in [0, 0.1) is 0 Å². The van der Waals surface area contributed by atoms with Crippen molar-refractivity contribution in [2.75, 3.05) is 0 Å². The van der Waals surface area contributed by atoms with Crippen molar-refractivity contribution in [2.45, 2.75) is 12.5 Å². The first kappa shape index (κ1) is 8.68. The van der Waals surface area contributed by atoms with Gasteiger partial charge in [0, 0.05) is 6.42 Å². The first-order valence-corrected chi connectivity index (χ1v) is 2.75. The van der Waals surface area contributed by atoms with Gasteiger partial charge in [-0.3, -0.25) is 0 Å². The highest BCUT2D eigenvalue weighted by molar-refractivity contribution is 5.77. The van der Waals surface area contributed by atoms with Crippen LogP contribution in [0.5, 0.6) is 0 Å². The molecule has 0 heterocycles. The van der Waals surface area contributed by atoms with Crippen LogP contribution in [-0.4, -0.2) is 23.4 Å². The number of carboxylic acid groups (broad SMARTS) is 1. The molecule has 0 saturated heterocycles. The van der Waals surface area contributed by atoms with Gasteiger partial charge in [0.1, 0.15) is 12.3 Å². The zero-order valence-electron chi connectivity index (χ0n) is 5.41. The smallest absolute Gasteiger partial charge is 0.326 e. The van der Waals surface area contributed by atoms with E-state index in [-0.39, 0.29) is 6.42 Å². The molecule has 4 heteroatoms. The van der Waals surface area contributed by atoms with Gasteiger partial charge in [-0.25, -0.2) is 4.79 Å². The average Bonchev–Trinajstić information content (AvgIpc) is 1.87. The molecule has 0 saturated carbocycles. The fourth-order valence-electron chi connectivity index (χ4n) is 0.479. The molecule has 0 aliphatic heterocycles. The van der Waals surface area contributed by atoms with Crippen LogP contribution in [0.4, 0.5) is 0 Å². The standard InChI is InChI=1S/C6H9NO3/c1-2-7-5(3-4-8)6(9)10/h2,4-5,7H,1,3H2,(H,9,10). The minimum absolute atomic E-state index is 0.0403. The summed E-state index contributed by atoms with van der Waals surface area (Å²) in [7, 11) is 0. The van der Waals surface area contributed by atoms with Crippen LogP contribution >= 0.6 is 0 Å². The summed E-state index contributed by atoms with van der Waals surface area (Å²) in [6.45, 7) is 3.27. The maximum atomic E-state index is 10.2. The van der Waals surface area contributed by atoms with E-state index in [1.807, 2.05) is 0 Å². The lowest BCUT2D eigenvalue weighted by molar-refractivity contribution is -0.140. The van der Waals surface area contributed by atoms with E-state index < -0.39 is 12.0 Å². The summed E-state index contributed by atoms with van der Waals surface area (Å²) in [5.74, 6) is -1.05. The molecule has 0 aromatic rings. The molecule has 4 nitrogen and oxygen atoms in total. The second kappa shape index (κ2) is 4.55. The van der Waals surface area contributed by atoms with E-state index >= 15 is 0 Å². The predicted molar refractivity (Wildman–Crippen MR) is 35.4 cm³/mol. The monoisotopic (exact) mass is 143 g/mol. The van der Waals surface area contributed by atoms with Crippen molar-refractivity contribution < 1.29 is 14.7 Å². The Morgan fingerprint density at radius 2 is 2.40 bits per heavy atom. The highest BCUT2D eigenvalue weighted by Gasteiger charge is 2.13. The first-order valence-electron chi connectivity index (χ1n) is 2.75. The third-order valence-corrected chi connectivity index (χ3v) is 0.949. The average molecular weight is 143 g/mol. The Kier molecular flexibility index (Phi) is 3.95. The van der Waals surface area contributed by atoms with Gasteiger partial charge in [0.05, 0.1) is 0 Å². The molecular weight excluding hydrogens is 134 g/mol. The molecule has 0 radical (unpaired) electrons. The highest BCUT2D eigenvalue weighted by Crippen LogP contribution is 1.87. The van der Waals surface area contributed by atoms with Crippen LogP contribution in [0.25, 0.3) is 0 Å². The van der Waals surface area contributed by atoms with Crippen molar-refractivity contribution in [3.8, 4) is 0 Å². The summed E-state index contributed by atoms with van der Waals surface area (Å²) < 4.78 is 0. The van der Waals surface area contributed by atoms with Crippen molar-refractivity contribution in [1.82, 2.24) is 5.32 Å². The number of hydrogen-bond donors (Lipinski definition) is 2. The Morgan fingerprint density at radius 1 is 1.80 bits per heavy atom. The molecule has 0 aliphatic carbocycles. The summed E-state index contributed by atoms with van der Waals surface area (Å²) in [6.07, 6.45) is 1.76. The van der Waals surface area contributed by atoms with E-state index in [0.29, 0.717) is 6.29 Å². The summed E-state index contributed by atoms with van der Waals surface area (Å²) in [5.41, 5.74) is 0. The van der Waals surface area contributed by atoms with Crippen molar-refractivity contribution in [2.24, 2.45) is 0 Å². The van der Waals surface area contributed by atoms with Gasteiger partial charge in [0.25, 0.3) is 0 Å². The number of carbonyl (C=O) groups excluding carboxylic acids is 1. The van der Waals surface area contributed by atoms with Crippen molar-refractivity contribution >= 4 is 12.3 Å². The second-order valence-corrected chi connectivity index (χ2v) is 1.66. The van der Waals surface area contributed by atoms with Gasteiger partial charge in [-0.1, -0.05) is 6.58 Å². The molecule has 56 valence electrons. The number of rotatable bonds is 5. The van der Waals surface area contributed by atoms with E-state index in [1.165, 1.54) is 6.20 Å². The summed E-state index contributed by atoms with van der Waals surface area (Å²) in [4.78, 5) is 20.1. The number of carbonyl (C=O) groups is 2. The number of carboxylic acids is 1. The Morgan fingerprint density at radius 3 is 2.70 bits per heavy atom. The molecule has 0 aromatic carbocycles. The third-order valence-electron chi connectivity index (χ3n) is 0.949. The Bertz CT molecular complexity index is 134. The Labute approximate surface area is 58.5 Å². The minimum atomic E-state index is -1.05. The van der Waals surface area contributed by atoms with Crippen molar-refractivity contribution in [3.63, 3.8) is 0 Å². The number of hydrogen-bond acceptors (Lipinski definition) is 3. The molecule has 2 N–H and O–H groups in total. The van der Waals surface area contributed by atoms with Crippen molar-refractivity contribution in [1.29, 1.82) is 0 Å². The van der Waals surface area contributed by atoms with Crippen LogP contribution in [0.1, 0.15) is 6.42 Å². The van der Waals surface area contributed by atoms with E-state index in [4.69, 9.17) is 5.11 Å². The van der Waals surface area contributed by atoms with Gasteiger partial charge in [-0.2, -0.15) is 0 Å². The lowest BCUT2D eigenvalue weighted by Crippen LogP contribution is -2.33. The molecule has 0 aliphatic rings. The van der Waals surface area contributed by atoms with E-state index in [2.05, 4.69) is 11.9 Å². The molecule has 0 fully saturated rings. The quantitative estimate of drug-likeness (QED) is 0.521. The molecule has 0 rings (SSSR count). The highest BCUT2D eigenvalue weighted by atomic mass is 16.4. The van der Waals surface area contributed by atoms with Crippen LogP contribution < -0.4 is 5.32 Å². The SMILES string of the molecule is C=CNC(CC=O)C(=O)O. The van der Waals surface area contributed by atoms with Gasteiger partial charge in [-0.05, 0) is 6.20 Å². The molecule has 0 aromatic heterocycles. The summed E-state index contributed by atoms with van der Waals surface area (Å²) >= 11 is 0. The zero-order chi connectivity index (χ0) is 7.98. The lowest BCUT2D eigenvalue weighted by atomic mass is 10.2.